The summed E-state index contributed by atoms with van der Waals surface area (Å²) in [5, 5.41) is 15.5. The largest absolute Gasteiger partial charge is 0.493 e. The van der Waals surface area contributed by atoms with Crippen molar-refractivity contribution in [2.45, 2.75) is 37.0 Å². The molecule has 3 aromatic carbocycles. The van der Waals surface area contributed by atoms with Gasteiger partial charge >= 0.3 is 6.03 Å². The fraction of sp³-hybridized carbons (Fsp3) is 0.296. The molecule has 3 aromatic rings. The summed E-state index contributed by atoms with van der Waals surface area (Å²) in [6, 6.07) is 17.8. The molecule has 1 spiro atoms. The number of rotatable bonds is 2. The number of amides is 2. The van der Waals surface area contributed by atoms with E-state index in [9.17, 15) is 9.90 Å². The van der Waals surface area contributed by atoms with Gasteiger partial charge in [0.15, 0.2) is 11.5 Å². The van der Waals surface area contributed by atoms with Gasteiger partial charge in [0.05, 0.1) is 24.3 Å². The number of carbonyl (C=O) groups excluding carboxylic acids is 1. The molecule has 168 valence electrons. The number of hydrogen-bond donors (Lipinski definition) is 2. The second-order valence-corrected chi connectivity index (χ2v) is 9.07. The van der Waals surface area contributed by atoms with Gasteiger partial charge in [0.1, 0.15) is 6.10 Å². The third-order valence-electron chi connectivity index (χ3n) is 7.27. The van der Waals surface area contributed by atoms with Gasteiger partial charge in [-0.3, -0.25) is 0 Å². The fourth-order valence-electron chi connectivity index (χ4n) is 5.64. The van der Waals surface area contributed by atoms with Crippen molar-refractivity contribution in [3.63, 3.8) is 0 Å². The van der Waals surface area contributed by atoms with Crippen LogP contribution in [0.15, 0.2) is 66.7 Å². The van der Waals surface area contributed by atoms with Gasteiger partial charge in [-0.05, 0) is 29.5 Å². The summed E-state index contributed by atoms with van der Waals surface area (Å²) < 4.78 is 11.9. The predicted octanol–water partition coefficient (Wildman–Crippen LogP) is 4.61. The molecule has 1 aliphatic carbocycles. The van der Waals surface area contributed by atoms with Crippen LogP contribution in [0, 0.1) is 0 Å². The van der Waals surface area contributed by atoms with E-state index < -0.39 is 6.10 Å². The molecule has 3 atom stereocenters. The Morgan fingerprint density at radius 1 is 1.18 bits per heavy atom. The number of urea groups is 1. The number of anilines is 1. The van der Waals surface area contributed by atoms with Crippen molar-refractivity contribution in [2.75, 3.05) is 19.0 Å². The van der Waals surface area contributed by atoms with Crippen LogP contribution in [0.1, 0.15) is 24.0 Å². The Morgan fingerprint density at radius 2 is 2.03 bits per heavy atom. The molecule has 33 heavy (non-hydrogen) atoms. The normalized spacial score (nSPS) is 25.1. The van der Waals surface area contributed by atoms with E-state index in [1.54, 1.807) is 7.11 Å². The number of aliphatic hydroxyl groups is 1. The summed E-state index contributed by atoms with van der Waals surface area (Å²) in [4.78, 5) is 15.3. The Balaban J connectivity index is 1.36. The van der Waals surface area contributed by atoms with Crippen molar-refractivity contribution in [1.82, 2.24) is 4.90 Å². The van der Waals surface area contributed by atoms with Crippen LogP contribution < -0.4 is 14.8 Å². The molecule has 2 N–H and O–H groups in total. The molecule has 0 aromatic heterocycles. The summed E-state index contributed by atoms with van der Waals surface area (Å²) in [5.41, 5.74) is 2.59. The van der Waals surface area contributed by atoms with Crippen molar-refractivity contribution < 1.29 is 19.4 Å². The first-order valence-electron chi connectivity index (χ1n) is 11.4. The van der Waals surface area contributed by atoms with Crippen molar-refractivity contribution >= 4 is 22.5 Å². The first kappa shape index (κ1) is 20.1. The smallest absolute Gasteiger partial charge is 0.322 e. The standard InChI is InChI=1S/C27H26N2O4/c1-32-22-10-9-18-16-29(26(31)28-21-8-4-6-17-5-2-3-7-20(17)21)14-13-27-12-11-19(30)15-23(27)33-25(22)24(18)27/h2-12,19,23,30H,13-16H2,1H3,(H,28,31)/t19-,23-,27-/m0/s1. The average Bonchev–Trinajstić information content (AvgIpc) is 3.06. The van der Waals surface area contributed by atoms with Crippen LogP contribution in [0.5, 0.6) is 11.5 Å². The van der Waals surface area contributed by atoms with E-state index in [1.807, 2.05) is 65.6 Å². The zero-order chi connectivity index (χ0) is 22.6. The monoisotopic (exact) mass is 442 g/mol. The van der Waals surface area contributed by atoms with Crippen molar-refractivity contribution in [1.29, 1.82) is 0 Å². The molecule has 0 fully saturated rings. The van der Waals surface area contributed by atoms with Crippen molar-refractivity contribution in [3.05, 3.63) is 77.9 Å². The van der Waals surface area contributed by atoms with Gasteiger partial charge in [-0.15, -0.1) is 0 Å². The minimum atomic E-state index is -0.529. The van der Waals surface area contributed by atoms with Gasteiger partial charge in [0, 0.05) is 30.5 Å². The van der Waals surface area contributed by atoms with Crippen LogP contribution in [-0.4, -0.2) is 41.9 Å². The highest BCUT2D eigenvalue weighted by Crippen LogP contribution is 2.55. The summed E-state index contributed by atoms with van der Waals surface area (Å²) in [6.07, 6.45) is 4.49. The highest BCUT2D eigenvalue weighted by molar-refractivity contribution is 6.01. The lowest BCUT2D eigenvalue weighted by Crippen LogP contribution is -2.43. The molecule has 2 heterocycles. The van der Waals surface area contributed by atoms with Gasteiger partial charge in [-0.25, -0.2) is 4.79 Å². The topological polar surface area (TPSA) is 71.0 Å². The van der Waals surface area contributed by atoms with E-state index in [0.29, 0.717) is 25.3 Å². The molecule has 0 radical (unpaired) electrons. The van der Waals surface area contributed by atoms with Crippen LogP contribution >= 0.6 is 0 Å². The molecule has 2 amide bonds. The minimum Gasteiger partial charge on any atom is -0.493 e. The van der Waals surface area contributed by atoms with Gasteiger partial charge in [-0.1, -0.05) is 54.6 Å². The molecule has 6 nitrogen and oxygen atoms in total. The van der Waals surface area contributed by atoms with E-state index in [-0.39, 0.29) is 17.6 Å². The number of carbonyl (C=O) groups is 1. The number of hydrogen-bond acceptors (Lipinski definition) is 4. The number of nitrogens with zero attached hydrogens (tertiary/aromatic N) is 1. The van der Waals surface area contributed by atoms with Crippen LogP contribution in [0.3, 0.4) is 0 Å². The van der Waals surface area contributed by atoms with Crippen LogP contribution in [0.25, 0.3) is 10.8 Å². The van der Waals surface area contributed by atoms with Gasteiger partial charge in [0.2, 0.25) is 0 Å². The number of ether oxygens (including phenoxy) is 2. The van der Waals surface area contributed by atoms with Crippen LogP contribution in [-0.2, 0) is 12.0 Å². The molecule has 0 saturated carbocycles. The number of fused-ring (bicyclic) bond motifs is 1. The third-order valence-corrected chi connectivity index (χ3v) is 7.27. The minimum absolute atomic E-state index is 0.121. The Bertz CT molecular complexity index is 1280. The second kappa shape index (κ2) is 7.52. The lowest BCUT2D eigenvalue weighted by molar-refractivity contribution is 0.0824. The lowest BCUT2D eigenvalue weighted by Gasteiger charge is -2.35. The molecule has 6 heteroatoms. The number of nitrogens with one attached hydrogen (secondary N) is 1. The van der Waals surface area contributed by atoms with E-state index in [2.05, 4.69) is 11.4 Å². The van der Waals surface area contributed by atoms with E-state index in [4.69, 9.17) is 9.47 Å². The number of methoxy groups -OCH3 is 1. The van der Waals surface area contributed by atoms with Crippen molar-refractivity contribution in [3.8, 4) is 11.5 Å². The maximum absolute atomic E-state index is 13.4. The number of benzene rings is 3. The van der Waals surface area contributed by atoms with Crippen LogP contribution in [0.2, 0.25) is 0 Å². The average molecular weight is 443 g/mol. The maximum Gasteiger partial charge on any atom is 0.322 e. The highest BCUT2D eigenvalue weighted by Gasteiger charge is 2.53. The Hall–Kier alpha value is -3.51. The zero-order valence-corrected chi connectivity index (χ0v) is 18.5. The second-order valence-electron chi connectivity index (χ2n) is 9.07. The van der Waals surface area contributed by atoms with E-state index >= 15 is 0 Å². The molecule has 2 aliphatic heterocycles. The molecule has 0 bridgehead atoms. The first-order valence-corrected chi connectivity index (χ1v) is 11.4. The Morgan fingerprint density at radius 3 is 2.91 bits per heavy atom. The number of aliphatic hydroxyl groups excluding tert-OH is 1. The Kier molecular flexibility index (Phi) is 4.59. The SMILES string of the molecule is COc1ccc2c3c1O[C@H]1C[C@@H](O)C=C[C@@]31CCN(C(=O)Nc1cccc3ccccc13)C2. The summed E-state index contributed by atoms with van der Waals surface area (Å²) >= 11 is 0. The van der Waals surface area contributed by atoms with Gasteiger partial charge < -0.3 is 24.8 Å². The zero-order valence-electron chi connectivity index (χ0n) is 18.5. The summed E-state index contributed by atoms with van der Waals surface area (Å²) in [5.74, 6) is 1.44. The predicted molar refractivity (Wildman–Crippen MR) is 127 cm³/mol. The van der Waals surface area contributed by atoms with E-state index in [1.165, 1.54) is 0 Å². The highest BCUT2D eigenvalue weighted by atomic mass is 16.5. The summed E-state index contributed by atoms with van der Waals surface area (Å²) in [6.45, 7) is 1.06. The molecular weight excluding hydrogens is 416 g/mol. The fourth-order valence-corrected chi connectivity index (χ4v) is 5.64. The first-order chi connectivity index (χ1) is 16.1. The third kappa shape index (κ3) is 3.09. The molecule has 0 saturated heterocycles. The summed E-state index contributed by atoms with van der Waals surface area (Å²) in [7, 11) is 1.64. The maximum atomic E-state index is 13.4. The van der Waals surface area contributed by atoms with Crippen LogP contribution in [0.4, 0.5) is 10.5 Å². The lowest BCUT2D eigenvalue weighted by atomic mass is 9.69. The van der Waals surface area contributed by atoms with Crippen molar-refractivity contribution in [2.24, 2.45) is 0 Å². The molecular formula is C27H26N2O4. The molecule has 6 rings (SSSR count). The molecule has 3 aliphatic rings. The quantitative estimate of drug-likeness (QED) is 0.569. The Labute approximate surface area is 192 Å². The van der Waals surface area contributed by atoms with Gasteiger partial charge in [0.25, 0.3) is 0 Å². The molecule has 0 unspecified atom stereocenters. The van der Waals surface area contributed by atoms with E-state index in [0.717, 1.165) is 39.8 Å². The van der Waals surface area contributed by atoms with Gasteiger partial charge in [-0.2, -0.15) is 0 Å².